The van der Waals surface area contributed by atoms with Crippen molar-refractivity contribution in [3.05, 3.63) is 41.1 Å². The maximum absolute atomic E-state index is 11.5. The van der Waals surface area contributed by atoms with Gasteiger partial charge in [0, 0.05) is 11.9 Å². The van der Waals surface area contributed by atoms with Crippen LogP contribution < -0.4 is 10.6 Å². The molecule has 0 radical (unpaired) electrons. The molecule has 1 rings (SSSR count). The monoisotopic (exact) mass is 218 g/mol. The predicted octanol–water partition coefficient (Wildman–Crippen LogP) is 3.35. The van der Waals surface area contributed by atoms with Gasteiger partial charge in [-0.15, -0.1) is 0 Å². The molecule has 0 atom stereocenters. The van der Waals surface area contributed by atoms with Crippen LogP contribution in [0.25, 0.3) is 0 Å². The number of nitrogens with one attached hydrogen (secondary N) is 2. The molecule has 0 aromatic heterocycles. The van der Waals surface area contributed by atoms with E-state index in [1.54, 1.807) is 6.20 Å². The van der Waals surface area contributed by atoms with Gasteiger partial charge in [0.15, 0.2) is 0 Å². The number of hydrogen-bond acceptors (Lipinski definition) is 1. The molecule has 0 spiro atoms. The molecule has 1 aromatic carbocycles. The molecule has 0 fully saturated rings. The number of anilines is 1. The molecule has 0 saturated carbocycles. The molecule has 0 heterocycles. The second kappa shape index (κ2) is 5.35. The number of hydrogen-bond donors (Lipinski definition) is 2. The summed E-state index contributed by atoms with van der Waals surface area (Å²) in [6.07, 6.45) is 1.68. The van der Waals surface area contributed by atoms with Crippen molar-refractivity contribution in [3.8, 4) is 0 Å². The number of amides is 2. The quantitative estimate of drug-likeness (QED) is 0.785. The van der Waals surface area contributed by atoms with Gasteiger partial charge in [-0.2, -0.15) is 0 Å². The van der Waals surface area contributed by atoms with Gasteiger partial charge in [-0.05, 0) is 39.3 Å². The molecule has 3 heteroatoms. The lowest BCUT2D eigenvalue weighted by molar-refractivity contribution is 0.255. The fourth-order valence-corrected chi connectivity index (χ4v) is 1.32. The zero-order valence-corrected chi connectivity index (χ0v) is 10.2. The summed E-state index contributed by atoms with van der Waals surface area (Å²) in [5, 5.41) is 5.46. The van der Waals surface area contributed by atoms with Crippen molar-refractivity contribution in [1.82, 2.24) is 5.32 Å². The van der Waals surface area contributed by atoms with Gasteiger partial charge < -0.3 is 10.6 Å². The van der Waals surface area contributed by atoms with E-state index in [0.29, 0.717) is 0 Å². The summed E-state index contributed by atoms with van der Waals surface area (Å²) in [6.45, 7) is 7.86. The molecule has 3 nitrogen and oxygen atoms in total. The van der Waals surface area contributed by atoms with Gasteiger partial charge in [-0.1, -0.05) is 23.3 Å². The third-order valence-corrected chi connectivity index (χ3v) is 2.12. The second-order valence-corrected chi connectivity index (χ2v) is 4.14. The lowest BCUT2D eigenvalue weighted by Crippen LogP contribution is -2.24. The van der Waals surface area contributed by atoms with E-state index in [1.807, 2.05) is 45.9 Å². The molecule has 2 amide bonds. The number of rotatable bonds is 2. The predicted molar refractivity (Wildman–Crippen MR) is 67.5 cm³/mol. The van der Waals surface area contributed by atoms with E-state index in [0.717, 1.165) is 16.8 Å². The Morgan fingerprint density at radius 3 is 2.50 bits per heavy atom. The first-order valence-electron chi connectivity index (χ1n) is 5.27. The number of carbonyl (C=O) groups excluding carboxylic acids is 1. The fraction of sp³-hybridized carbons (Fsp3) is 0.308. The summed E-state index contributed by atoms with van der Waals surface area (Å²) in [7, 11) is 0. The van der Waals surface area contributed by atoms with E-state index in [2.05, 4.69) is 10.6 Å². The van der Waals surface area contributed by atoms with Crippen molar-refractivity contribution < 1.29 is 4.79 Å². The van der Waals surface area contributed by atoms with Gasteiger partial charge in [0.25, 0.3) is 0 Å². The molecule has 16 heavy (non-hydrogen) atoms. The molecule has 86 valence electrons. The maximum Gasteiger partial charge on any atom is 0.323 e. The Morgan fingerprint density at radius 1 is 1.25 bits per heavy atom. The van der Waals surface area contributed by atoms with E-state index in [1.165, 1.54) is 5.56 Å². The topological polar surface area (TPSA) is 41.1 Å². The summed E-state index contributed by atoms with van der Waals surface area (Å²) >= 11 is 0. The van der Waals surface area contributed by atoms with Crippen molar-refractivity contribution in [3.63, 3.8) is 0 Å². The van der Waals surface area contributed by atoms with Gasteiger partial charge >= 0.3 is 6.03 Å². The first-order chi connectivity index (χ1) is 7.49. The smallest absolute Gasteiger partial charge is 0.314 e. The van der Waals surface area contributed by atoms with Crippen LogP contribution in [0.3, 0.4) is 0 Å². The summed E-state index contributed by atoms with van der Waals surface area (Å²) in [5.74, 6) is 0. The van der Waals surface area contributed by atoms with E-state index in [4.69, 9.17) is 0 Å². The van der Waals surface area contributed by atoms with E-state index in [-0.39, 0.29) is 6.03 Å². The van der Waals surface area contributed by atoms with Crippen LogP contribution in [0, 0.1) is 13.8 Å². The van der Waals surface area contributed by atoms with Gasteiger partial charge in [0.05, 0.1) is 0 Å². The van der Waals surface area contributed by atoms with Gasteiger partial charge in [-0.3, -0.25) is 0 Å². The van der Waals surface area contributed by atoms with E-state index in [9.17, 15) is 4.79 Å². The molecule has 0 bridgehead atoms. The zero-order valence-electron chi connectivity index (χ0n) is 10.2. The third-order valence-electron chi connectivity index (χ3n) is 2.12. The molecule has 0 aliphatic heterocycles. The van der Waals surface area contributed by atoms with Crippen LogP contribution in [-0.2, 0) is 0 Å². The van der Waals surface area contributed by atoms with Crippen LogP contribution in [0.5, 0.6) is 0 Å². The highest BCUT2D eigenvalue weighted by Crippen LogP contribution is 2.15. The highest BCUT2D eigenvalue weighted by molar-refractivity contribution is 5.90. The molecule has 0 saturated heterocycles. The molecule has 0 unspecified atom stereocenters. The van der Waals surface area contributed by atoms with Crippen molar-refractivity contribution in [2.75, 3.05) is 5.32 Å². The van der Waals surface area contributed by atoms with Crippen LogP contribution in [0.1, 0.15) is 25.0 Å². The Hall–Kier alpha value is -1.77. The first-order valence-corrected chi connectivity index (χ1v) is 5.27. The van der Waals surface area contributed by atoms with Crippen molar-refractivity contribution in [2.24, 2.45) is 0 Å². The number of urea groups is 1. The number of benzene rings is 1. The average Bonchev–Trinajstić information content (AvgIpc) is 2.19. The Balaban J connectivity index is 2.66. The van der Waals surface area contributed by atoms with Crippen molar-refractivity contribution in [2.45, 2.75) is 27.7 Å². The lowest BCUT2D eigenvalue weighted by atomic mass is 10.1. The largest absolute Gasteiger partial charge is 0.323 e. The van der Waals surface area contributed by atoms with Crippen molar-refractivity contribution in [1.29, 1.82) is 0 Å². The van der Waals surface area contributed by atoms with Gasteiger partial charge in [0.2, 0.25) is 0 Å². The van der Waals surface area contributed by atoms with Crippen molar-refractivity contribution >= 4 is 11.7 Å². The SMILES string of the molecule is CC(C)=CNC(=O)Nc1ccc(C)cc1C. The van der Waals surface area contributed by atoms with Crippen LogP contribution in [0.4, 0.5) is 10.5 Å². The van der Waals surface area contributed by atoms with Crippen LogP contribution >= 0.6 is 0 Å². The summed E-state index contributed by atoms with van der Waals surface area (Å²) in [5.41, 5.74) is 4.14. The minimum atomic E-state index is -0.215. The summed E-state index contributed by atoms with van der Waals surface area (Å²) < 4.78 is 0. The zero-order chi connectivity index (χ0) is 12.1. The van der Waals surface area contributed by atoms with Crippen LogP contribution in [-0.4, -0.2) is 6.03 Å². The number of carbonyl (C=O) groups is 1. The molecule has 2 N–H and O–H groups in total. The lowest BCUT2D eigenvalue weighted by Gasteiger charge is -2.08. The third kappa shape index (κ3) is 3.77. The Bertz CT molecular complexity index is 418. The molecule has 1 aromatic rings. The van der Waals surface area contributed by atoms with Crippen LogP contribution in [0.2, 0.25) is 0 Å². The maximum atomic E-state index is 11.5. The molecular formula is C13H18N2O. The second-order valence-electron chi connectivity index (χ2n) is 4.14. The first kappa shape index (κ1) is 12.3. The molecule has 0 aliphatic carbocycles. The highest BCUT2D eigenvalue weighted by Gasteiger charge is 2.02. The normalized spacial score (nSPS) is 9.50. The molecule has 0 aliphatic rings. The Morgan fingerprint density at radius 2 is 1.94 bits per heavy atom. The summed E-state index contributed by atoms with van der Waals surface area (Å²) in [6, 6.07) is 5.71. The fourth-order valence-electron chi connectivity index (χ4n) is 1.32. The van der Waals surface area contributed by atoms with Gasteiger partial charge in [0.1, 0.15) is 0 Å². The number of allylic oxidation sites excluding steroid dienone is 1. The minimum absolute atomic E-state index is 0.215. The van der Waals surface area contributed by atoms with E-state index < -0.39 is 0 Å². The Kier molecular flexibility index (Phi) is 4.11. The van der Waals surface area contributed by atoms with E-state index >= 15 is 0 Å². The standard InChI is InChI=1S/C13H18N2O/c1-9(2)8-14-13(16)15-12-6-5-10(3)7-11(12)4/h5-8H,1-4H3,(H2,14,15,16). The highest BCUT2D eigenvalue weighted by atomic mass is 16.2. The minimum Gasteiger partial charge on any atom is -0.314 e. The summed E-state index contributed by atoms with van der Waals surface area (Å²) in [4.78, 5) is 11.5. The molecular weight excluding hydrogens is 200 g/mol. The average molecular weight is 218 g/mol. The van der Waals surface area contributed by atoms with Gasteiger partial charge in [-0.25, -0.2) is 4.79 Å². The Labute approximate surface area is 96.6 Å². The number of aryl methyl sites for hydroxylation is 2. The van der Waals surface area contributed by atoms with Crippen LogP contribution in [0.15, 0.2) is 30.0 Å².